The lowest BCUT2D eigenvalue weighted by molar-refractivity contribution is -0.128. The zero-order valence-corrected chi connectivity index (χ0v) is 12.0. The summed E-state index contributed by atoms with van der Waals surface area (Å²) in [7, 11) is 0. The van der Waals surface area contributed by atoms with Gasteiger partial charge in [-0.05, 0) is 29.1 Å². The van der Waals surface area contributed by atoms with E-state index in [1.165, 1.54) is 0 Å². The number of nitrogens with zero attached hydrogens (tertiary/aromatic N) is 6. The molecule has 7 heteroatoms. The average Bonchev–Trinajstić information content (AvgIpc) is 3.16. The molecule has 22 heavy (non-hydrogen) atoms. The van der Waals surface area contributed by atoms with E-state index in [2.05, 4.69) is 15.1 Å². The maximum absolute atomic E-state index is 12.1. The monoisotopic (exact) mass is 296 g/mol. The third kappa shape index (κ3) is 2.94. The molecule has 0 radical (unpaired) electrons. The first-order valence-corrected chi connectivity index (χ1v) is 7.14. The molecule has 0 bridgehead atoms. The molecule has 112 valence electrons. The summed E-state index contributed by atoms with van der Waals surface area (Å²) in [4.78, 5) is 16.7. The van der Waals surface area contributed by atoms with Crippen LogP contribution in [0.3, 0.4) is 0 Å². The lowest BCUT2D eigenvalue weighted by atomic mass is 10.1. The highest BCUT2D eigenvalue weighted by Crippen LogP contribution is 2.23. The summed E-state index contributed by atoms with van der Waals surface area (Å²) in [5, 5.41) is 7.83. The first kappa shape index (κ1) is 14.2. The van der Waals surface area contributed by atoms with Gasteiger partial charge in [0.2, 0.25) is 5.91 Å². The number of aromatic nitrogens is 2. The standard InChI is InChI=1S/C15H16N6O/c16-19-17-9-12-8-15(22)20(10-12)11-13-4-1-2-5-14(13)21-7-3-6-18-21/h1-7,12H,8-11H2. The van der Waals surface area contributed by atoms with Crippen LogP contribution in [-0.2, 0) is 11.3 Å². The summed E-state index contributed by atoms with van der Waals surface area (Å²) in [5.74, 6) is 0.216. The van der Waals surface area contributed by atoms with Gasteiger partial charge in [0.25, 0.3) is 0 Å². The predicted octanol–water partition coefficient (Wildman–Crippen LogP) is 2.53. The summed E-state index contributed by atoms with van der Waals surface area (Å²) in [6.07, 6.45) is 4.06. The SMILES string of the molecule is [N-]=[N+]=NCC1CC(=O)N(Cc2ccccc2-n2cccn2)C1. The van der Waals surface area contributed by atoms with Gasteiger partial charge in [-0.2, -0.15) is 5.10 Å². The van der Waals surface area contributed by atoms with Crippen molar-refractivity contribution in [1.29, 1.82) is 0 Å². The first-order valence-electron chi connectivity index (χ1n) is 7.14. The highest BCUT2D eigenvalue weighted by molar-refractivity contribution is 5.78. The maximum Gasteiger partial charge on any atom is 0.223 e. The van der Waals surface area contributed by atoms with Crippen LogP contribution in [0.1, 0.15) is 12.0 Å². The Morgan fingerprint density at radius 3 is 3.00 bits per heavy atom. The summed E-state index contributed by atoms with van der Waals surface area (Å²) < 4.78 is 1.80. The fraction of sp³-hybridized carbons (Fsp3) is 0.333. The Balaban J connectivity index is 1.77. The normalized spacial score (nSPS) is 17.5. The minimum Gasteiger partial charge on any atom is -0.338 e. The van der Waals surface area contributed by atoms with Crippen molar-refractivity contribution in [2.75, 3.05) is 13.1 Å². The number of hydrogen-bond donors (Lipinski definition) is 0. The van der Waals surface area contributed by atoms with Crippen LogP contribution < -0.4 is 0 Å². The van der Waals surface area contributed by atoms with Crippen LogP contribution in [0.5, 0.6) is 0 Å². The van der Waals surface area contributed by atoms with Gasteiger partial charge in [-0.1, -0.05) is 23.3 Å². The molecule has 1 aliphatic rings. The molecule has 2 heterocycles. The van der Waals surface area contributed by atoms with Crippen LogP contribution in [0, 0.1) is 5.92 Å². The Hall–Kier alpha value is -2.79. The van der Waals surface area contributed by atoms with E-state index < -0.39 is 0 Å². The van der Waals surface area contributed by atoms with Crippen molar-refractivity contribution in [1.82, 2.24) is 14.7 Å². The van der Waals surface area contributed by atoms with Gasteiger partial charge < -0.3 is 4.90 Å². The molecule has 0 spiro atoms. The van der Waals surface area contributed by atoms with Crippen molar-refractivity contribution >= 4 is 5.91 Å². The van der Waals surface area contributed by atoms with E-state index in [1.807, 2.05) is 41.4 Å². The fourth-order valence-corrected chi connectivity index (χ4v) is 2.77. The second-order valence-corrected chi connectivity index (χ2v) is 5.34. The first-order chi connectivity index (χ1) is 10.8. The molecule has 1 atom stereocenters. The molecule has 1 aliphatic heterocycles. The Morgan fingerprint density at radius 2 is 2.23 bits per heavy atom. The number of hydrogen-bond acceptors (Lipinski definition) is 3. The predicted molar refractivity (Wildman–Crippen MR) is 81.1 cm³/mol. The van der Waals surface area contributed by atoms with Gasteiger partial charge in [-0.15, -0.1) is 0 Å². The van der Waals surface area contributed by atoms with Gasteiger partial charge in [0, 0.05) is 43.4 Å². The number of rotatable bonds is 5. The zero-order chi connectivity index (χ0) is 15.4. The second kappa shape index (κ2) is 6.32. The van der Waals surface area contributed by atoms with E-state index in [0.29, 0.717) is 26.1 Å². The van der Waals surface area contributed by atoms with Crippen molar-refractivity contribution < 1.29 is 4.79 Å². The van der Waals surface area contributed by atoms with Crippen molar-refractivity contribution in [2.24, 2.45) is 11.0 Å². The average molecular weight is 296 g/mol. The van der Waals surface area contributed by atoms with E-state index in [1.54, 1.807) is 10.9 Å². The summed E-state index contributed by atoms with van der Waals surface area (Å²) in [6, 6.07) is 9.77. The molecular formula is C15H16N6O. The largest absolute Gasteiger partial charge is 0.338 e. The van der Waals surface area contributed by atoms with Crippen molar-refractivity contribution in [3.63, 3.8) is 0 Å². The molecule has 2 aromatic rings. The number of benzene rings is 1. The molecule has 1 aromatic carbocycles. The smallest absolute Gasteiger partial charge is 0.223 e. The van der Waals surface area contributed by atoms with E-state index in [-0.39, 0.29) is 11.8 Å². The molecular weight excluding hydrogens is 280 g/mol. The quantitative estimate of drug-likeness (QED) is 0.482. The molecule has 0 saturated carbocycles. The molecule has 0 N–H and O–H groups in total. The zero-order valence-electron chi connectivity index (χ0n) is 12.0. The minimum atomic E-state index is 0.105. The lowest BCUT2D eigenvalue weighted by Gasteiger charge is -2.18. The van der Waals surface area contributed by atoms with Crippen LogP contribution in [0.2, 0.25) is 0 Å². The van der Waals surface area contributed by atoms with Gasteiger partial charge in [-0.3, -0.25) is 4.79 Å². The fourth-order valence-electron chi connectivity index (χ4n) is 2.77. The van der Waals surface area contributed by atoms with E-state index in [4.69, 9.17) is 5.53 Å². The Kier molecular flexibility index (Phi) is 4.07. The number of azide groups is 1. The Labute approximate surface area is 127 Å². The highest BCUT2D eigenvalue weighted by Gasteiger charge is 2.29. The third-order valence-electron chi connectivity index (χ3n) is 3.80. The van der Waals surface area contributed by atoms with Gasteiger partial charge >= 0.3 is 0 Å². The Bertz CT molecular complexity index is 705. The number of likely N-dealkylation sites (tertiary alicyclic amines) is 1. The molecule has 1 fully saturated rings. The maximum atomic E-state index is 12.1. The van der Waals surface area contributed by atoms with Gasteiger partial charge in [0.1, 0.15) is 0 Å². The molecule has 7 nitrogen and oxygen atoms in total. The van der Waals surface area contributed by atoms with Crippen molar-refractivity contribution in [3.8, 4) is 5.69 Å². The number of carbonyl (C=O) groups is 1. The molecule has 0 aliphatic carbocycles. The molecule has 1 aromatic heterocycles. The van der Waals surface area contributed by atoms with E-state index >= 15 is 0 Å². The van der Waals surface area contributed by atoms with Gasteiger partial charge in [0.05, 0.1) is 5.69 Å². The van der Waals surface area contributed by atoms with Crippen LogP contribution in [0.25, 0.3) is 16.1 Å². The highest BCUT2D eigenvalue weighted by atomic mass is 16.2. The Morgan fingerprint density at radius 1 is 1.36 bits per heavy atom. The number of para-hydroxylation sites is 1. The number of carbonyl (C=O) groups excluding carboxylic acids is 1. The van der Waals surface area contributed by atoms with E-state index in [0.717, 1.165) is 11.3 Å². The summed E-state index contributed by atoms with van der Waals surface area (Å²) in [5.41, 5.74) is 10.4. The van der Waals surface area contributed by atoms with Crippen molar-refractivity contribution in [2.45, 2.75) is 13.0 Å². The van der Waals surface area contributed by atoms with Crippen LogP contribution in [0.4, 0.5) is 0 Å². The van der Waals surface area contributed by atoms with Crippen molar-refractivity contribution in [3.05, 3.63) is 58.7 Å². The second-order valence-electron chi connectivity index (χ2n) is 5.34. The van der Waals surface area contributed by atoms with Crippen LogP contribution in [0.15, 0.2) is 47.8 Å². The molecule has 3 rings (SSSR count). The minimum absolute atomic E-state index is 0.105. The van der Waals surface area contributed by atoms with E-state index in [9.17, 15) is 4.79 Å². The third-order valence-corrected chi connectivity index (χ3v) is 3.80. The van der Waals surface area contributed by atoms with Gasteiger partial charge in [0.15, 0.2) is 0 Å². The van der Waals surface area contributed by atoms with Crippen LogP contribution in [-0.4, -0.2) is 33.7 Å². The summed E-state index contributed by atoms with van der Waals surface area (Å²) in [6.45, 7) is 1.55. The summed E-state index contributed by atoms with van der Waals surface area (Å²) >= 11 is 0. The van der Waals surface area contributed by atoms with Crippen LogP contribution >= 0.6 is 0 Å². The lowest BCUT2D eigenvalue weighted by Crippen LogP contribution is -2.25. The topological polar surface area (TPSA) is 86.9 Å². The molecule has 1 amide bonds. The number of amides is 1. The van der Waals surface area contributed by atoms with Gasteiger partial charge in [-0.25, -0.2) is 4.68 Å². The molecule has 1 saturated heterocycles. The molecule has 1 unspecified atom stereocenters.